The summed E-state index contributed by atoms with van der Waals surface area (Å²) >= 11 is 0. The van der Waals surface area contributed by atoms with Crippen molar-refractivity contribution in [2.45, 2.75) is 194 Å². The SMILES string of the molecule is CCCCCCCCOC(COC(=O)c1ccccc1C(=O)OCC(OCCCCCCCC)OCCCCCCCC)OCCCCCCCC. The van der Waals surface area contributed by atoms with Crippen LogP contribution in [-0.2, 0) is 28.4 Å². The van der Waals surface area contributed by atoms with Gasteiger partial charge in [-0.2, -0.15) is 0 Å². The second kappa shape index (κ2) is 36.0. The summed E-state index contributed by atoms with van der Waals surface area (Å²) in [7, 11) is 0. The van der Waals surface area contributed by atoms with Crippen LogP contribution >= 0.6 is 0 Å². The normalized spacial score (nSPS) is 11.5. The maximum atomic E-state index is 13.3. The van der Waals surface area contributed by atoms with E-state index in [1.54, 1.807) is 24.3 Å². The number of esters is 2. The molecule has 8 heteroatoms. The summed E-state index contributed by atoms with van der Waals surface area (Å²) in [5, 5.41) is 0. The van der Waals surface area contributed by atoms with Crippen LogP contribution in [0, 0.1) is 0 Å². The Hall–Kier alpha value is -2.00. The topological polar surface area (TPSA) is 89.5 Å². The molecule has 52 heavy (non-hydrogen) atoms. The number of rotatable bonds is 38. The third-order valence-electron chi connectivity index (χ3n) is 9.27. The van der Waals surface area contributed by atoms with Gasteiger partial charge in [-0.05, 0) is 37.8 Å². The molecule has 0 heterocycles. The molecule has 0 bridgehead atoms. The number of benzene rings is 1. The van der Waals surface area contributed by atoms with E-state index in [9.17, 15) is 9.59 Å². The molecular weight excluding hydrogens is 656 g/mol. The molecule has 1 aromatic carbocycles. The Morgan fingerprint density at radius 3 is 0.923 bits per heavy atom. The van der Waals surface area contributed by atoms with Gasteiger partial charge in [0, 0.05) is 26.4 Å². The monoisotopic (exact) mass is 735 g/mol. The standard InChI is InChI=1S/C44H78O8/c1-5-9-13-17-21-27-33-47-41(48-34-28-22-18-14-10-6-2)37-51-43(45)39-31-25-26-32-40(39)44(46)52-38-42(49-35-29-23-19-15-11-7-3)50-36-30-24-20-16-12-8-4/h25-26,31-32,41-42H,5-24,27-30,33-38H2,1-4H3. The van der Waals surface area contributed by atoms with Crippen LogP contribution in [-0.4, -0.2) is 64.2 Å². The van der Waals surface area contributed by atoms with E-state index in [1.165, 1.54) is 103 Å². The third-order valence-corrected chi connectivity index (χ3v) is 9.27. The van der Waals surface area contributed by atoms with Crippen molar-refractivity contribution in [3.8, 4) is 0 Å². The number of unbranched alkanes of at least 4 members (excludes halogenated alkanes) is 20. The van der Waals surface area contributed by atoms with Crippen LogP contribution in [0.1, 0.15) is 203 Å². The summed E-state index contributed by atoms with van der Waals surface area (Å²) in [4.78, 5) is 26.6. The van der Waals surface area contributed by atoms with Gasteiger partial charge in [-0.1, -0.05) is 168 Å². The minimum absolute atomic E-state index is 0.0471. The number of carbonyl (C=O) groups is 2. The van der Waals surface area contributed by atoms with Crippen molar-refractivity contribution in [3.05, 3.63) is 35.4 Å². The smallest absolute Gasteiger partial charge is 0.339 e. The second-order valence-electron chi connectivity index (χ2n) is 14.2. The highest BCUT2D eigenvalue weighted by molar-refractivity contribution is 6.03. The number of ether oxygens (including phenoxy) is 6. The molecule has 0 aliphatic rings. The highest BCUT2D eigenvalue weighted by atomic mass is 16.7. The van der Waals surface area contributed by atoms with Gasteiger partial charge in [-0.3, -0.25) is 0 Å². The van der Waals surface area contributed by atoms with Crippen LogP contribution in [0.4, 0.5) is 0 Å². The molecular formula is C44H78O8. The van der Waals surface area contributed by atoms with Crippen LogP contribution in [0.25, 0.3) is 0 Å². The van der Waals surface area contributed by atoms with E-state index in [0.717, 1.165) is 51.4 Å². The van der Waals surface area contributed by atoms with E-state index in [-0.39, 0.29) is 24.3 Å². The first-order chi connectivity index (χ1) is 25.6. The average Bonchev–Trinajstić information content (AvgIpc) is 3.16. The summed E-state index contributed by atoms with van der Waals surface area (Å²) < 4.78 is 35.5. The van der Waals surface area contributed by atoms with Gasteiger partial charge in [-0.15, -0.1) is 0 Å². The van der Waals surface area contributed by atoms with E-state index >= 15 is 0 Å². The summed E-state index contributed by atoms with van der Waals surface area (Å²) in [6.45, 7) is 11.0. The van der Waals surface area contributed by atoms with Crippen molar-refractivity contribution in [2.24, 2.45) is 0 Å². The van der Waals surface area contributed by atoms with E-state index in [0.29, 0.717) is 26.4 Å². The zero-order valence-corrected chi connectivity index (χ0v) is 33.9. The first kappa shape index (κ1) is 48.0. The predicted molar refractivity (Wildman–Crippen MR) is 212 cm³/mol. The lowest BCUT2D eigenvalue weighted by atomic mass is 10.1. The Kier molecular flexibility index (Phi) is 33.2. The Labute approximate surface area is 318 Å². The van der Waals surface area contributed by atoms with Gasteiger partial charge in [0.15, 0.2) is 12.6 Å². The Bertz CT molecular complexity index is 843. The van der Waals surface area contributed by atoms with E-state index in [4.69, 9.17) is 28.4 Å². The second-order valence-corrected chi connectivity index (χ2v) is 14.2. The third kappa shape index (κ3) is 26.7. The van der Waals surface area contributed by atoms with Crippen molar-refractivity contribution in [3.63, 3.8) is 0 Å². The Morgan fingerprint density at radius 2 is 0.654 bits per heavy atom. The molecule has 1 rings (SSSR count). The molecule has 0 atom stereocenters. The minimum atomic E-state index is -0.650. The van der Waals surface area contributed by atoms with Crippen molar-refractivity contribution >= 4 is 11.9 Å². The van der Waals surface area contributed by atoms with Gasteiger partial charge < -0.3 is 28.4 Å². The number of hydrogen-bond acceptors (Lipinski definition) is 8. The molecule has 0 unspecified atom stereocenters. The molecule has 0 saturated carbocycles. The van der Waals surface area contributed by atoms with Crippen molar-refractivity contribution in [1.29, 1.82) is 0 Å². The molecule has 0 N–H and O–H groups in total. The maximum Gasteiger partial charge on any atom is 0.339 e. The quantitative estimate of drug-likeness (QED) is 0.0377. The summed E-state index contributed by atoms with van der Waals surface area (Å²) in [5.74, 6) is -1.22. The fourth-order valence-corrected chi connectivity index (χ4v) is 5.96. The number of hydrogen-bond donors (Lipinski definition) is 0. The Balaban J connectivity index is 2.72. The highest BCUT2D eigenvalue weighted by Crippen LogP contribution is 2.16. The van der Waals surface area contributed by atoms with Gasteiger partial charge in [0.25, 0.3) is 0 Å². The maximum absolute atomic E-state index is 13.3. The van der Waals surface area contributed by atoms with Crippen LogP contribution in [0.2, 0.25) is 0 Å². The lowest BCUT2D eigenvalue weighted by Crippen LogP contribution is -2.28. The largest absolute Gasteiger partial charge is 0.457 e. The molecule has 302 valence electrons. The molecule has 0 saturated heterocycles. The van der Waals surface area contributed by atoms with Crippen LogP contribution in [0.3, 0.4) is 0 Å². The van der Waals surface area contributed by atoms with Gasteiger partial charge in [0.1, 0.15) is 13.2 Å². The van der Waals surface area contributed by atoms with Gasteiger partial charge >= 0.3 is 11.9 Å². The molecule has 0 aliphatic heterocycles. The zero-order valence-electron chi connectivity index (χ0n) is 33.9. The average molecular weight is 735 g/mol. The minimum Gasteiger partial charge on any atom is -0.457 e. The van der Waals surface area contributed by atoms with Crippen LogP contribution < -0.4 is 0 Å². The van der Waals surface area contributed by atoms with E-state index in [2.05, 4.69) is 27.7 Å². The Morgan fingerprint density at radius 1 is 0.404 bits per heavy atom. The van der Waals surface area contributed by atoms with Gasteiger partial charge in [0.2, 0.25) is 0 Å². The lowest BCUT2D eigenvalue weighted by Gasteiger charge is -2.20. The van der Waals surface area contributed by atoms with E-state index < -0.39 is 24.5 Å². The highest BCUT2D eigenvalue weighted by Gasteiger charge is 2.22. The molecule has 0 amide bonds. The van der Waals surface area contributed by atoms with Crippen LogP contribution in [0.5, 0.6) is 0 Å². The molecule has 0 aromatic heterocycles. The molecule has 0 fully saturated rings. The van der Waals surface area contributed by atoms with Crippen molar-refractivity contribution in [1.82, 2.24) is 0 Å². The first-order valence-electron chi connectivity index (χ1n) is 21.5. The number of carbonyl (C=O) groups excluding carboxylic acids is 2. The fraction of sp³-hybridized carbons (Fsp3) is 0.818. The van der Waals surface area contributed by atoms with Crippen molar-refractivity contribution < 1.29 is 38.0 Å². The summed E-state index contributed by atoms with van der Waals surface area (Å²) in [5.41, 5.74) is 0.297. The summed E-state index contributed by atoms with van der Waals surface area (Å²) in [6, 6.07) is 6.60. The van der Waals surface area contributed by atoms with Crippen LogP contribution in [0.15, 0.2) is 24.3 Å². The molecule has 0 spiro atoms. The lowest BCUT2D eigenvalue weighted by molar-refractivity contribution is -0.165. The van der Waals surface area contributed by atoms with Crippen molar-refractivity contribution in [2.75, 3.05) is 39.6 Å². The first-order valence-corrected chi connectivity index (χ1v) is 21.5. The fourth-order valence-electron chi connectivity index (χ4n) is 5.96. The predicted octanol–water partition coefficient (Wildman–Crippen LogP) is 12.2. The zero-order chi connectivity index (χ0) is 37.7. The molecule has 0 aliphatic carbocycles. The summed E-state index contributed by atoms with van der Waals surface area (Å²) in [6.07, 6.45) is 26.6. The van der Waals surface area contributed by atoms with Gasteiger partial charge in [0.05, 0.1) is 11.1 Å². The van der Waals surface area contributed by atoms with Gasteiger partial charge in [-0.25, -0.2) is 9.59 Å². The van der Waals surface area contributed by atoms with E-state index in [1.807, 2.05) is 0 Å². The molecule has 0 radical (unpaired) electrons. The molecule has 1 aromatic rings. The molecule has 8 nitrogen and oxygen atoms in total.